The molecular formula is C13H18Br2N2O2. The highest BCUT2D eigenvalue weighted by molar-refractivity contribution is 9.11. The number of hydrogen-bond acceptors (Lipinski definition) is 4. The van der Waals surface area contributed by atoms with Gasteiger partial charge in [0.25, 0.3) is 0 Å². The molecule has 0 fully saturated rings. The molecule has 0 amide bonds. The first kappa shape index (κ1) is 16.6. The molecule has 4 nitrogen and oxygen atoms in total. The van der Waals surface area contributed by atoms with Gasteiger partial charge in [-0.05, 0) is 58.2 Å². The fourth-order valence-electron chi connectivity index (χ4n) is 1.52. The van der Waals surface area contributed by atoms with E-state index >= 15 is 0 Å². The van der Waals surface area contributed by atoms with Crippen molar-refractivity contribution in [1.29, 1.82) is 0 Å². The molecule has 0 aliphatic heterocycles. The van der Waals surface area contributed by atoms with Gasteiger partial charge in [-0.15, -0.1) is 0 Å². The molecule has 2 unspecified atom stereocenters. The molecule has 0 spiro atoms. The van der Waals surface area contributed by atoms with Crippen LogP contribution in [0.5, 0.6) is 0 Å². The van der Waals surface area contributed by atoms with Gasteiger partial charge in [-0.1, -0.05) is 6.92 Å². The second-order valence-corrected chi connectivity index (χ2v) is 5.95. The Balaban J connectivity index is 3.03. The molecule has 1 heterocycles. The molecule has 6 heteroatoms. The number of rotatable bonds is 6. The highest BCUT2D eigenvalue weighted by Gasteiger charge is 2.26. The zero-order valence-corrected chi connectivity index (χ0v) is 14.4. The molecule has 2 atom stereocenters. The first-order valence-electron chi connectivity index (χ1n) is 6.23. The highest BCUT2D eigenvalue weighted by Crippen LogP contribution is 2.26. The largest absolute Gasteiger partial charge is 0.465 e. The van der Waals surface area contributed by atoms with Crippen LogP contribution < -0.4 is 5.32 Å². The van der Waals surface area contributed by atoms with E-state index in [1.165, 1.54) is 0 Å². The van der Waals surface area contributed by atoms with Crippen molar-refractivity contribution in [3.05, 3.63) is 26.9 Å². The second-order valence-electron chi connectivity index (χ2n) is 4.18. The molecule has 106 valence electrons. The van der Waals surface area contributed by atoms with Gasteiger partial charge in [0.2, 0.25) is 0 Å². The fourth-order valence-corrected chi connectivity index (χ4v) is 2.74. The second kappa shape index (κ2) is 7.97. The fraction of sp³-hybridized carbons (Fsp3) is 0.538. The van der Waals surface area contributed by atoms with Crippen LogP contribution in [0.25, 0.3) is 0 Å². The van der Waals surface area contributed by atoms with Crippen LogP contribution in [0.4, 0.5) is 0 Å². The van der Waals surface area contributed by atoms with Crippen molar-refractivity contribution in [1.82, 2.24) is 10.3 Å². The lowest BCUT2D eigenvalue weighted by Crippen LogP contribution is -2.36. The van der Waals surface area contributed by atoms with Crippen LogP contribution in [0, 0.1) is 0 Å². The van der Waals surface area contributed by atoms with Crippen molar-refractivity contribution in [3.8, 4) is 0 Å². The highest BCUT2D eigenvalue weighted by atomic mass is 79.9. The lowest BCUT2D eigenvalue weighted by Gasteiger charge is -2.21. The summed E-state index contributed by atoms with van der Waals surface area (Å²) in [5.41, 5.74) is 0.641. The van der Waals surface area contributed by atoms with Gasteiger partial charge in [0.15, 0.2) is 0 Å². The van der Waals surface area contributed by atoms with Crippen molar-refractivity contribution in [2.24, 2.45) is 0 Å². The van der Waals surface area contributed by atoms with E-state index in [1.807, 2.05) is 13.0 Å². The summed E-state index contributed by atoms with van der Waals surface area (Å²) in [6.45, 7) is 6.23. The van der Waals surface area contributed by atoms with E-state index in [2.05, 4.69) is 49.1 Å². The minimum atomic E-state index is -0.558. The monoisotopic (exact) mass is 392 g/mol. The van der Waals surface area contributed by atoms with E-state index in [9.17, 15) is 4.79 Å². The summed E-state index contributed by atoms with van der Waals surface area (Å²) < 4.78 is 6.74. The number of halogens is 2. The van der Waals surface area contributed by atoms with Gasteiger partial charge in [-0.25, -0.2) is 4.79 Å². The number of nitrogens with zero attached hydrogens (tertiary/aromatic N) is 1. The molecule has 0 aromatic carbocycles. The van der Waals surface area contributed by atoms with Crippen LogP contribution in [0.2, 0.25) is 0 Å². The summed E-state index contributed by atoms with van der Waals surface area (Å²) in [5, 5.41) is 3.25. The third kappa shape index (κ3) is 4.85. The summed E-state index contributed by atoms with van der Waals surface area (Å²) in [6.07, 6.45) is 2.59. The maximum Gasteiger partial charge on any atom is 0.329 e. The zero-order valence-electron chi connectivity index (χ0n) is 11.2. The molecule has 1 N–H and O–H groups in total. The number of esters is 1. The van der Waals surface area contributed by atoms with Crippen molar-refractivity contribution in [2.75, 3.05) is 6.61 Å². The molecule has 19 heavy (non-hydrogen) atoms. The van der Waals surface area contributed by atoms with Crippen molar-refractivity contribution >= 4 is 37.8 Å². The predicted octanol–water partition coefficient (Wildman–Crippen LogP) is 3.60. The molecule has 1 rings (SSSR count). The van der Waals surface area contributed by atoms with Gasteiger partial charge in [0.1, 0.15) is 6.04 Å². The minimum Gasteiger partial charge on any atom is -0.465 e. The topological polar surface area (TPSA) is 51.2 Å². The lowest BCUT2D eigenvalue weighted by molar-refractivity contribution is -0.146. The summed E-state index contributed by atoms with van der Waals surface area (Å²) in [5.74, 6) is -0.307. The van der Waals surface area contributed by atoms with E-state index in [0.29, 0.717) is 12.3 Å². The summed E-state index contributed by atoms with van der Waals surface area (Å²) in [4.78, 5) is 16.4. The Hall–Kier alpha value is -0.460. The smallest absolute Gasteiger partial charge is 0.329 e. The Kier molecular flexibility index (Phi) is 6.96. The molecule has 1 aromatic heterocycles. The number of nitrogens with one attached hydrogen (secondary N) is 1. The Bertz CT molecular complexity index is 441. The van der Waals surface area contributed by atoms with Gasteiger partial charge >= 0.3 is 5.97 Å². The molecule has 0 radical (unpaired) electrons. The summed E-state index contributed by atoms with van der Waals surface area (Å²) >= 11 is 6.79. The van der Waals surface area contributed by atoms with Gasteiger partial charge < -0.3 is 4.74 Å². The number of ether oxygens (including phenoxy) is 1. The van der Waals surface area contributed by atoms with Crippen molar-refractivity contribution in [2.45, 2.75) is 39.3 Å². The van der Waals surface area contributed by atoms with Crippen LogP contribution in [0.15, 0.2) is 21.2 Å². The quantitative estimate of drug-likeness (QED) is 0.750. The number of carbonyl (C=O) groups is 1. The SMILES string of the molecule is CCOC(=O)C(NC(C)CC)c1ncc(Br)cc1Br. The first-order chi connectivity index (χ1) is 8.99. The maximum absolute atomic E-state index is 12.1. The maximum atomic E-state index is 12.1. The molecule has 0 saturated heterocycles. The standard InChI is InChI=1S/C13H18Br2N2O2/c1-4-8(3)17-12(13(18)19-5-2)11-10(15)6-9(14)7-16-11/h6-8,12,17H,4-5H2,1-3H3. The van der Waals surface area contributed by atoms with Crippen LogP contribution in [0.3, 0.4) is 0 Å². The Morgan fingerprint density at radius 2 is 2.16 bits per heavy atom. The third-order valence-electron chi connectivity index (χ3n) is 2.70. The summed E-state index contributed by atoms with van der Waals surface area (Å²) in [7, 11) is 0. The normalized spacial score (nSPS) is 13.9. The van der Waals surface area contributed by atoms with Gasteiger partial charge in [-0.3, -0.25) is 10.3 Å². The third-order valence-corrected chi connectivity index (χ3v) is 3.76. The lowest BCUT2D eigenvalue weighted by atomic mass is 10.1. The Morgan fingerprint density at radius 1 is 1.47 bits per heavy atom. The van der Waals surface area contributed by atoms with Gasteiger partial charge in [0, 0.05) is 21.2 Å². The van der Waals surface area contributed by atoms with Crippen LogP contribution in [0.1, 0.15) is 38.9 Å². The van der Waals surface area contributed by atoms with E-state index in [1.54, 1.807) is 13.1 Å². The number of hydrogen-bond donors (Lipinski definition) is 1. The average molecular weight is 394 g/mol. The van der Waals surface area contributed by atoms with E-state index in [0.717, 1.165) is 15.4 Å². The molecule has 0 bridgehead atoms. The van der Waals surface area contributed by atoms with Crippen LogP contribution in [-0.4, -0.2) is 23.6 Å². The van der Waals surface area contributed by atoms with Gasteiger partial charge in [-0.2, -0.15) is 0 Å². The molecule has 1 aromatic rings. The van der Waals surface area contributed by atoms with E-state index in [4.69, 9.17) is 4.74 Å². The minimum absolute atomic E-state index is 0.201. The van der Waals surface area contributed by atoms with E-state index < -0.39 is 6.04 Å². The van der Waals surface area contributed by atoms with E-state index in [-0.39, 0.29) is 12.0 Å². The number of carbonyl (C=O) groups excluding carboxylic acids is 1. The Labute approximate surface area is 130 Å². The van der Waals surface area contributed by atoms with Gasteiger partial charge in [0.05, 0.1) is 12.3 Å². The van der Waals surface area contributed by atoms with Crippen molar-refractivity contribution in [3.63, 3.8) is 0 Å². The predicted molar refractivity (Wildman–Crippen MR) is 81.9 cm³/mol. The first-order valence-corrected chi connectivity index (χ1v) is 7.81. The molecule has 0 saturated carbocycles. The average Bonchev–Trinajstić information content (AvgIpc) is 2.36. The molecular weight excluding hydrogens is 376 g/mol. The van der Waals surface area contributed by atoms with Crippen LogP contribution >= 0.6 is 31.9 Å². The molecule has 0 aliphatic rings. The number of aromatic nitrogens is 1. The summed E-state index contributed by atoms with van der Waals surface area (Å²) in [6, 6.07) is 1.51. The number of pyridine rings is 1. The van der Waals surface area contributed by atoms with Crippen molar-refractivity contribution < 1.29 is 9.53 Å². The molecule has 0 aliphatic carbocycles. The Morgan fingerprint density at radius 3 is 2.68 bits per heavy atom. The van der Waals surface area contributed by atoms with Crippen LogP contribution in [-0.2, 0) is 9.53 Å². The zero-order chi connectivity index (χ0) is 14.4.